The molecule has 0 bridgehead atoms. The van der Waals surface area contributed by atoms with Crippen molar-refractivity contribution in [3.05, 3.63) is 102 Å². The van der Waals surface area contributed by atoms with Gasteiger partial charge >= 0.3 is 0 Å². The number of amides is 1. The first kappa shape index (κ1) is 23.2. The van der Waals surface area contributed by atoms with Crippen molar-refractivity contribution in [3.63, 3.8) is 0 Å². The van der Waals surface area contributed by atoms with Crippen molar-refractivity contribution < 1.29 is 13.2 Å². The Morgan fingerprint density at radius 3 is 2.18 bits per heavy atom. The van der Waals surface area contributed by atoms with Crippen LogP contribution in [-0.4, -0.2) is 56.8 Å². The standard InChI is InChI=1S/C26H29N3O3S/c1-28-15-17-29(18-16-28)33(31,32)24-14-8-13-23(20-24)26(30)27-25(22-11-6-3-7-12-22)19-21-9-4-2-5-10-21/h2-14,20,25H,15-19H2,1H3,(H,27,30)/t25-/m1/s1. The molecule has 0 radical (unpaired) electrons. The zero-order chi connectivity index (χ0) is 23.3. The normalized spacial score (nSPS) is 16.3. The summed E-state index contributed by atoms with van der Waals surface area (Å²) in [5, 5.41) is 3.11. The van der Waals surface area contributed by atoms with Crippen LogP contribution in [0.25, 0.3) is 0 Å². The van der Waals surface area contributed by atoms with E-state index in [-0.39, 0.29) is 16.8 Å². The maximum atomic E-state index is 13.2. The highest BCUT2D eigenvalue weighted by molar-refractivity contribution is 7.89. The monoisotopic (exact) mass is 463 g/mol. The van der Waals surface area contributed by atoms with E-state index in [0.717, 1.165) is 11.1 Å². The van der Waals surface area contributed by atoms with Crippen molar-refractivity contribution in [1.29, 1.82) is 0 Å². The van der Waals surface area contributed by atoms with Gasteiger partial charge in [0, 0.05) is 31.7 Å². The number of hydrogen-bond donors (Lipinski definition) is 1. The predicted molar refractivity (Wildman–Crippen MR) is 129 cm³/mol. The molecule has 0 aromatic heterocycles. The lowest BCUT2D eigenvalue weighted by atomic mass is 9.98. The third-order valence-corrected chi connectivity index (χ3v) is 7.88. The molecule has 0 aliphatic carbocycles. The van der Waals surface area contributed by atoms with E-state index in [4.69, 9.17) is 0 Å². The van der Waals surface area contributed by atoms with Crippen molar-refractivity contribution in [3.8, 4) is 0 Å². The molecule has 0 unspecified atom stereocenters. The van der Waals surface area contributed by atoms with Crippen LogP contribution in [-0.2, 0) is 16.4 Å². The van der Waals surface area contributed by atoms with E-state index in [0.29, 0.717) is 38.2 Å². The van der Waals surface area contributed by atoms with Crippen LogP contribution in [0.4, 0.5) is 0 Å². The topological polar surface area (TPSA) is 69.7 Å². The van der Waals surface area contributed by atoms with Gasteiger partial charge in [-0.3, -0.25) is 4.79 Å². The fourth-order valence-corrected chi connectivity index (χ4v) is 5.47. The summed E-state index contributed by atoms with van der Waals surface area (Å²) in [6, 6.07) is 25.9. The lowest BCUT2D eigenvalue weighted by molar-refractivity contribution is 0.0936. The minimum absolute atomic E-state index is 0.152. The van der Waals surface area contributed by atoms with Crippen molar-refractivity contribution >= 4 is 15.9 Å². The highest BCUT2D eigenvalue weighted by atomic mass is 32.2. The van der Waals surface area contributed by atoms with E-state index in [1.165, 1.54) is 10.4 Å². The number of carbonyl (C=O) groups is 1. The van der Waals surface area contributed by atoms with E-state index in [1.54, 1.807) is 18.2 Å². The molecule has 1 aliphatic heterocycles. The summed E-state index contributed by atoms with van der Waals surface area (Å²) < 4.78 is 27.8. The largest absolute Gasteiger partial charge is 0.345 e. The van der Waals surface area contributed by atoms with Gasteiger partial charge in [-0.05, 0) is 42.8 Å². The molecular formula is C26H29N3O3S. The fourth-order valence-electron chi connectivity index (χ4n) is 4.00. The van der Waals surface area contributed by atoms with E-state index in [2.05, 4.69) is 10.2 Å². The van der Waals surface area contributed by atoms with Crippen LogP contribution < -0.4 is 5.32 Å². The molecule has 4 rings (SSSR count). The zero-order valence-corrected chi connectivity index (χ0v) is 19.5. The number of hydrogen-bond acceptors (Lipinski definition) is 4. The van der Waals surface area contributed by atoms with Crippen LogP contribution in [0.2, 0.25) is 0 Å². The molecule has 1 aliphatic rings. The Morgan fingerprint density at radius 1 is 0.879 bits per heavy atom. The molecule has 33 heavy (non-hydrogen) atoms. The number of nitrogens with one attached hydrogen (secondary N) is 1. The fraction of sp³-hybridized carbons (Fsp3) is 0.269. The molecule has 172 valence electrons. The lowest BCUT2D eigenvalue weighted by Crippen LogP contribution is -2.47. The van der Waals surface area contributed by atoms with Crippen molar-refractivity contribution in [2.45, 2.75) is 17.4 Å². The Bertz CT molecular complexity index is 1180. The number of rotatable bonds is 7. The second kappa shape index (κ2) is 10.3. The third kappa shape index (κ3) is 5.68. The van der Waals surface area contributed by atoms with Crippen molar-refractivity contribution in [2.24, 2.45) is 0 Å². The van der Waals surface area contributed by atoms with Gasteiger partial charge in [0.25, 0.3) is 5.91 Å². The number of likely N-dealkylation sites (N-methyl/N-ethyl adjacent to an activating group) is 1. The molecule has 1 atom stereocenters. The Hall–Kier alpha value is -3.00. The molecule has 0 spiro atoms. The number of nitrogens with zero attached hydrogens (tertiary/aromatic N) is 2. The van der Waals surface area contributed by atoms with Crippen molar-refractivity contribution in [2.75, 3.05) is 33.2 Å². The van der Waals surface area contributed by atoms with Crippen LogP contribution in [0.3, 0.4) is 0 Å². The van der Waals surface area contributed by atoms with Gasteiger partial charge in [0.1, 0.15) is 0 Å². The summed E-state index contributed by atoms with van der Waals surface area (Å²) in [6.45, 7) is 2.28. The van der Waals surface area contributed by atoms with Gasteiger partial charge in [0.15, 0.2) is 0 Å². The zero-order valence-electron chi connectivity index (χ0n) is 18.7. The average molecular weight is 464 g/mol. The highest BCUT2D eigenvalue weighted by Crippen LogP contribution is 2.21. The van der Waals surface area contributed by atoms with Crippen LogP contribution >= 0.6 is 0 Å². The molecule has 1 saturated heterocycles. The summed E-state index contributed by atoms with van der Waals surface area (Å²) in [6.07, 6.45) is 0.635. The molecule has 6 nitrogen and oxygen atoms in total. The summed E-state index contributed by atoms with van der Waals surface area (Å²) in [5.41, 5.74) is 2.44. The minimum atomic E-state index is -3.64. The molecule has 1 amide bonds. The smallest absolute Gasteiger partial charge is 0.251 e. The van der Waals surface area contributed by atoms with Gasteiger partial charge in [-0.2, -0.15) is 4.31 Å². The van der Waals surface area contributed by atoms with Crippen LogP contribution in [0.5, 0.6) is 0 Å². The van der Waals surface area contributed by atoms with E-state index in [9.17, 15) is 13.2 Å². The summed E-state index contributed by atoms with van der Waals surface area (Å²) in [7, 11) is -1.66. The van der Waals surface area contributed by atoms with Gasteiger partial charge in [-0.15, -0.1) is 0 Å². The molecule has 3 aromatic carbocycles. The summed E-state index contributed by atoms with van der Waals surface area (Å²) in [5.74, 6) is -0.296. The molecule has 0 saturated carbocycles. The number of benzene rings is 3. The number of sulfonamides is 1. The summed E-state index contributed by atoms with van der Waals surface area (Å²) >= 11 is 0. The van der Waals surface area contributed by atoms with Crippen molar-refractivity contribution in [1.82, 2.24) is 14.5 Å². The number of piperazine rings is 1. The SMILES string of the molecule is CN1CCN(S(=O)(=O)c2cccc(C(=O)N[C@H](Cc3ccccc3)c3ccccc3)c2)CC1. The van der Waals surface area contributed by atoms with Crippen LogP contribution in [0.15, 0.2) is 89.8 Å². The molecule has 3 aromatic rings. The summed E-state index contributed by atoms with van der Waals surface area (Å²) in [4.78, 5) is 15.4. The van der Waals surface area contributed by atoms with E-state index < -0.39 is 10.0 Å². The molecular weight excluding hydrogens is 434 g/mol. The number of carbonyl (C=O) groups excluding carboxylic acids is 1. The van der Waals surface area contributed by atoms with Crippen LogP contribution in [0, 0.1) is 0 Å². The van der Waals surface area contributed by atoms with Crippen LogP contribution in [0.1, 0.15) is 27.5 Å². The Morgan fingerprint density at radius 2 is 1.52 bits per heavy atom. The second-order valence-corrected chi connectivity index (χ2v) is 10.3. The quantitative estimate of drug-likeness (QED) is 0.584. The third-order valence-electron chi connectivity index (χ3n) is 5.99. The van der Waals surface area contributed by atoms with Gasteiger partial charge in [0.2, 0.25) is 10.0 Å². The first-order valence-electron chi connectivity index (χ1n) is 11.1. The Kier molecular flexibility index (Phi) is 7.23. The molecule has 7 heteroatoms. The van der Waals surface area contributed by atoms with Gasteiger partial charge in [-0.25, -0.2) is 8.42 Å². The highest BCUT2D eigenvalue weighted by Gasteiger charge is 2.28. The minimum Gasteiger partial charge on any atom is -0.345 e. The second-order valence-electron chi connectivity index (χ2n) is 8.36. The van der Waals surface area contributed by atoms with Gasteiger partial charge < -0.3 is 10.2 Å². The predicted octanol–water partition coefficient (Wildman–Crippen LogP) is 3.34. The average Bonchev–Trinajstić information content (AvgIpc) is 2.85. The van der Waals surface area contributed by atoms with E-state index >= 15 is 0 Å². The first-order chi connectivity index (χ1) is 15.9. The maximum Gasteiger partial charge on any atom is 0.251 e. The Balaban J connectivity index is 1.55. The molecule has 1 heterocycles. The Labute approximate surface area is 195 Å². The van der Waals surface area contributed by atoms with E-state index in [1.807, 2.05) is 67.7 Å². The van der Waals surface area contributed by atoms with Gasteiger partial charge in [0.05, 0.1) is 10.9 Å². The maximum absolute atomic E-state index is 13.2. The lowest BCUT2D eigenvalue weighted by Gasteiger charge is -2.31. The molecule has 1 fully saturated rings. The molecule has 1 N–H and O–H groups in total. The first-order valence-corrected chi connectivity index (χ1v) is 12.6. The van der Waals surface area contributed by atoms with Gasteiger partial charge in [-0.1, -0.05) is 66.7 Å².